The summed E-state index contributed by atoms with van der Waals surface area (Å²) in [5, 5.41) is 13.8. The Kier molecular flexibility index (Phi) is 3.92. The van der Waals surface area contributed by atoms with Gasteiger partial charge in [-0.25, -0.2) is 4.98 Å². The molecule has 2 aromatic heterocycles. The van der Waals surface area contributed by atoms with Crippen LogP contribution in [0.5, 0.6) is 0 Å². The van der Waals surface area contributed by atoms with Crippen molar-refractivity contribution in [2.75, 3.05) is 31.1 Å². The maximum absolute atomic E-state index is 12.4. The van der Waals surface area contributed by atoms with Gasteiger partial charge in [-0.05, 0) is 30.3 Å². The smallest absolute Gasteiger partial charge is 0.256 e. The van der Waals surface area contributed by atoms with Crippen molar-refractivity contribution in [2.24, 2.45) is 0 Å². The van der Waals surface area contributed by atoms with Crippen molar-refractivity contribution in [1.82, 2.24) is 15.3 Å². The number of nitrogens with one attached hydrogen (secondary N) is 2. The van der Waals surface area contributed by atoms with Gasteiger partial charge in [0.25, 0.3) is 5.56 Å². The third-order valence-corrected chi connectivity index (χ3v) is 4.51. The maximum atomic E-state index is 12.4. The Labute approximate surface area is 144 Å². The van der Waals surface area contributed by atoms with Crippen molar-refractivity contribution in [3.05, 3.63) is 58.5 Å². The second-order valence-corrected chi connectivity index (χ2v) is 6.03. The van der Waals surface area contributed by atoms with Crippen LogP contribution >= 0.6 is 0 Å². The monoisotopic (exact) mass is 331 g/mol. The molecular formula is C19H17N5O. The topological polar surface area (TPSA) is 84.8 Å². The lowest BCUT2D eigenvalue weighted by Gasteiger charge is -2.28. The van der Waals surface area contributed by atoms with Gasteiger partial charge in [-0.1, -0.05) is 6.07 Å². The lowest BCUT2D eigenvalue weighted by Crippen LogP contribution is -2.43. The zero-order chi connectivity index (χ0) is 17.2. The van der Waals surface area contributed by atoms with Crippen LogP contribution in [0.25, 0.3) is 22.0 Å². The molecular weight excluding hydrogens is 314 g/mol. The molecule has 4 rings (SSSR count). The van der Waals surface area contributed by atoms with E-state index in [9.17, 15) is 10.1 Å². The van der Waals surface area contributed by atoms with Crippen LogP contribution in [0.3, 0.4) is 0 Å². The van der Waals surface area contributed by atoms with E-state index in [-0.39, 0.29) is 5.56 Å². The Morgan fingerprint density at radius 2 is 1.96 bits per heavy atom. The van der Waals surface area contributed by atoms with E-state index in [1.54, 1.807) is 24.4 Å². The van der Waals surface area contributed by atoms with Crippen LogP contribution in [0, 0.1) is 11.3 Å². The van der Waals surface area contributed by atoms with Gasteiger partial charge < -0.3 is 15.2 Å². The second-order valence-electron chi connectivity index (χ2n) is 6.03. The normalized spacial score (nSPS) is 14.4. The molecule has 6 nitrogen and oxygen atoms in total. The molecule has 6 heteroatoms. The number of anilines is 1. The van der Waals surface area contributed by atoms with Gasteiger partial charge in [0.05, 0.1) is 17.3 Å². The summed E-state index contributed by atoms with van der Waals surface area (Å²) >= 11 is 0. The van der Waals surface area contributed by atoms with Crippen LogP contribution in [-0.4, -0.2) is 36.1 Å². The fraction of sp³-hybridized carbons (Fsp3) is 0.211. The molecule has 124 valence electrons. The number of aromatic nitrogens is 2. The Balaban J connectivity index is 1.74. The number of fused-ring (bicyclic) bond motifs is 1. The van der Waals surface area contributed by atoms with E-state index < -0.39 is 0 Å². The molecule has 0 radical (unpaired) electrons. The van der Waals surface area contributed by atoms with E-state index in [0.29, 0.717) is 22.0 Å². The number of benzene rings is 1. The fourth-order valence-corrected chi connectivity index (χ4v) is 3.17. The summed E-state index contributed by atoms with van der Waals surface area (Å²) in [6.45, 7) is 3.78. The molecule has 1 aliphatic heterocycles. The molecule has 1 aromatic carbocycles. The van der Waals surface area contributed by atoms with Gasteiger partial charge in [-0.3, -0.25) is 4.79 Å². The standard InChI is InChI=1S/C19H17N5O/c20-11-13-2-1-3-15-16(13)10-17(23-19(15)25)14-4-5-18(22-12-14)24-8-6-21-7-9-24/h1-5,10,12,21H,6-9H2,(H,23,25). The van der Waals surface area contributed by atoms with Gasteiger partial charge in [0, 0.05) is 48.7 Å². The van der Waals surface area contributed by atoms with Gasteiger partial charge >= 0.3 is 0 Å². The van der Waals surface area contributed by atoms with Crippen LogP contribution in [0.2, 0.25) is 0 Å². The molecule has 3 heterocycles. The Morgan fingerprint density at radius 3 is 2.68 bits per heavy atom. The molecule has 0 spiro atoms. The average molecular weight is 331 g/mol. The summed E-state index contributed by atoms with van der Waals surface area (Å²) in [6, 6.07) is 13.1. The van der Waals surface area contributed by atoms with Crippen molar-refractivity contribution < 1.29 is 0 Å². The number of piperazine rings is 1. The molecule has 0 bridgehead atoms. The van der Waals surface area contributed by atoms with Crippen molar-refractivity contribution in [3.63, 3.8) is 0 Å². The van der Waals surface area contributed by atoms with E-state index in [1.165, 1.54) is 0 Å². The van der Waals surface area contributed by atoms with Gasteiger partial charge in [-0.2, -0.15) is 5.26 Å². The number of H-pyrrole nitrogens is 1. The lowest BCUT2D eigenvalue weighted by molar-refractivity contribution is 0.585. The summed E-state index contributed by atoms with van der Waals surface area (Å²) < 4.78 is 0. The third kappa shape index (κ3) is 2.86. The summed E-state index contributed by atoms with van der Waals surface area (Å²) in [7, 11) is 0. The third-order valence-electron chi connectivity index (χ3n) is 4.51. The Hall–Kier alpha value is -3.17. The van der Waals surface area contributed by atoms with Gasteiger partial charge in [0.15, 0.2) is 0 Å². The van der Waals surface area contributed by atoms with Crippen LogP contribution in [-0.2, 0) is 0 Å². The van der Waals surface area contributed by atoms with E-state index in [4.69, 9.17) is 0 Å². The number of aromatic amines is 1. The summed E-state index contributed by atoms with van der Waals surface area (Å²) in [4.78, 5) is 22.0. The summed E-state index contributed by atoms with van der Waals surface area (Å²) in [6.07, 6.45) is 1.77. The molecule has 25 heavy (non-hydrogen) atoms. The minimum Gasteiger partial charge on any atom is -0.354 e. The van der Waals surface area contributed by atoms with E-state index in [2.05, 4.69) is 26.3 Å². The van der Waals surface area contributed by atoms with Crippen molar-refractivity contribution in [3.8, 4) is 17.3 Å². The van der Waals surface area contributed by atoms with Gasteiger partial charge in [0.1, 0.15) is 5.82 Å². The van der Waals surface area contributed by atoms with E-state index in [0.717, 1.165) is 37.6 Å². The Morgan fingerprint density at radius 1 is 1.12 bits per heavy atom. The van der Waals surface area contributed by atoms with Crippen LogP contribution in [0.15, 0.2) is 47.4 Å². The first-order valence-electron chi connectivity index (χ1n) is 8.24. The predicted octanol–water partition coefficient (Wildman–Crippen LogP) is 1.87. The number of hydrogen-bond acceptors (Lipinski definition) is 5. The molecule has 1 saturated heterocycles. The number of nitriles is 1. The predicted molar refractivity (Wildman–Crippen MR) is 97.6 cm³/mol. The van der Waals surface area contributed by atoms with E-state index in [1.807, 2.05) is 18.2 Å². The quantitative estimate of drug-likeness (QED) is 0.749. The molecule has 0 unspecified atom stereocenters. The van der Waals surface area contributed by atoms with Crippen LogP contribution in [0.1, 0.15) is 5.56 Å². The zero-order valence-corrected chi connectivity index (χ0v) is 13.6. The van der Waals surface area contributed by atoms with E-state index >= 15 is 0 Å². The summed E-state index contributed by atoms with van der Waals surface area (Å²) in [5.41, 5.74) is 1.79. The number of rotatable bonds is 2. The molecule has 1 aliphatic rings. The fourth-order valence-electron chi connectivity index (χ4n) is 3.17. The first-order chi connectivity index (χ1) is 12.3. The van der Waals surface area contributed by atoms with Crippen molar-refractivity contribution >= 4 is 16.6 Å². The summed E-state index contributed by atoms with van der Waals surface area (Å²) in [5.74, 6) is 0.936. The Bertz CT molecular complexity index is 1010. The molecule has 0 saturated carbocycles. The number of nitrogens with zero attached hydrogens (tertiary/aromatic N) is 3. The highest BCUT2D eigenvalue weighted by atomic mass is 16.1. The lowest BCUT2D eigenvalue weighted by atomic mass is 10.0. The highest BCUT2D eigenvalue weighted by molar-refractivity contribution is 5.89. The highest BCUT2D eigenvalue weighted by Crippen LogP contribution is 2.23. The molecule has 0 aliphatic carbocycles. The largest absolute Gasteiger partial charge is 0.354 e. The van der Waals surface area contributed by atoms with Crippen molar-refractivity contribution in [2.45, 2.75) is 0 Å². The number of hydrogen-bond donors (Lipinski definition) is 2. The number of pyridine rings is 2. The first kappa shape index (κ1) is 15.4. The van der Waals surface area contributed by atoms with Gasteiger partial charge in [0.2, 0.25) is 0 Å². The average Bonchev–Trinajstić information content (AvgIpc) is 2.68. The SMILES string of the molecule is N#Cc1cccc2c(=O)[nH]c(-c3ccc(N4CCNCC4)nc3)cc12. The second kappa shape index (κ2) is 6.38. The van der Waals surface area contributed by atoms with Gasteiger partial charge in [-0.15, -0.1) is 0 Å². The highest BCUT2D eigenvalue weighted by Gasteiger charge is 2.12. The molecule has 1 fully saturated rings. The maximum Gasteiger partial charge on any atom is 0.256 e. The first-order valence-corrected chi connectivity index (χ1v) is 8.24. The minimum absolute atomic E-state index is 0.198. The minimum atomic E-state index is -0.198. The van der Waals surface area contributed by atoms with Crippen LogP contribution < -0.4 is 15.8 Å². The molecule has 3 aromatic rings. The molecule has 0 amide bonds. The van der Waals surface area contributed by atoms with Crippen LogP contribution in [0.4, 0.5) is 5.82 Å². The zero-order valence-electron chi connectivity index (χ0n) is 13.6. The van der Waals surface area contributed by atoms with Crippen molar-refractivity contribution in [1.29, 1.82) is 5.26 Å². The molecule has 0 atom stereocenters. The molecule has 2 N–H and O–H groups in total.